The third-order valence-electron chi connectivity index (χ3n) is 16.4. The number of nitrogens with zero attached hydrogens (tertiary/aromatic N) is 10. The summed E-state index contributed by atoms with van der Waals surface area (Å²) in [5.74, 6) is 3.48. The summed E-state index contributed by atoms with van der Waals surface area (Å²) in [5, 5.41) is 2.21. The van der Waals surface area contributed by atoms with Crippen LogP contribution < -0.4 is 19.6 Å². The molecule has 0 bridgehead atoms. The summed E-state index contributed by atoms with van der Waals surface area (Å²) in [4.78, 5) is 40.5. The SMILES string of the molecule is CC1(C)c2ccccc2-c2cc3c(cc21)N(c1ccc2cc(N4c5ccccc5N(c5nc(-c6ccccc6)nc(-c6ccccc6)n5)c5ccccc54)ccc2c1)c1ccccc1N3c1nc(-c2ccccc2)nc(-c2ccccc2)n1. The van der Waals surface area contributed by atoms with E-state index < -0.39 is 0 Å². The molecule has 1 aliphatic carbocycles. The van der Waals surface area contributed by atoms with Crippen molar-refractivity contribution in [2.45, 2.75) is 19.3 Å². The zero-order chi connectivity index (χ0) is 55.2. The lowest BCUT2D eigenvalue weighted by Crippen LogP contribution is -2.26. The molecule has 0 N–H and O–H groups in total. The largest absolute Gasteiger partial charge is 0.306 e. The Hall–Kier alpha value is -11.1. The molecule has 0 amide bonds. The molecule has 0 spiro atoms. The van der Waals surface area contributed by atoms with Crippen LogP contribution in [0.1, 0.15) is 25.0 Å². The maximum Gasteiger partial charge on any atom is 0.238 e. The highest BCUT2D eigenvalue weighted by Crippen LogP contribution is 2.60. The van der Waals surface area contributed by atoms with E-state index in [9.17, 15) is 0 Å². The van der Waals surface area contributed by atoms with Gasteiger partial charge >= 0.3 is 0 Å². The van der Waals surface area contributed by atoms with Crippen LogP contribution in [0.5, 0.6) is 0 Å². The molecule has 0 saturated carbocycles. The van der Waals surface area contributed by atoms with Crippen LogP contribution in [0.15, 0.2) is 267 Å². The third kappa shape index (κ3) is 7.86. The van der Waals surface area contributed by atoms with Gasteiger partial charge < -0.3 is 9.80 Å². The van der Waals surface area contributed by atoms with Crippen molar-refractivity contribution in [1.29, 1.82) is 0 Å². The molecule has 16 rings (SSSR count). The van der Waals surface area contributed by atoms with Gasteiger partial charge in [0.2, 0.25) is 11.9 Å². The predicted octanol–water partition coefficient (Wildman–Crippen LogP) is 18.7. The Labute approximate surface area is 480 Å². The topological polar surface area (TPSA) is 90.3 Å². The second-order valence-electron chi connectivity index (χ2n) is 21.6. The van der Waals surface area contributed by atoms with Crippen molar-refractivity contribution in [2.24, 2.45) is 0 Å². The minimum atomic E-state index is -0.257. The normalized spacial score (nSPS) is 13.4. The van der Waals surface area contributed by atoms with Crippen molar-refractivity contribution in [1.82, 2.24) is 29.9 Å². The summed E-state index contributed by atoms with van der Waals surface area (Å²) in [6, 6.07) is 93.5. The maximum atomic E-state index is 5.35. The molecule has 10 nitrogen and oxygen atoms in total. The van der Waals surface area contributed by atoms with Crippen molar-refractivity contribution in [3.63, 3.8) is 0 Å². The van der Waals surface area contributed by atoms with Gasteiger partial charge in [0.05, 0.1) is 45.5 Å². The van der Waals surface area contributed by atoms with Crippen LogP contribution in [0.2, 0.25) is 0 Å². The van der Waals surface area contributed by atoms with Crippen LogP contribution in [-0.4, -0.2) is 29.9 Å². The van der Waals surface area contributed by atoms with Gasteiger partial charge in [0.25, 0.3) is 0 Å². The van der Waals surface area contributed by atoms with Crippen molar-refractivity contribution < 1.29 is 0 Å². The van der Waals surface area contributed by atoms with Crippen LogP contribution in [0, 0.1) is 0 Å². The molecule has 0 unspecified atom stereocenters. The quantitative estimate of drug-likeness (QED) is 0.147. The molecule has 0 atom stereocenters. The molecular weight excluding hydrogens is 1020 g/mol. The molecule has 0 fully saturated rings. The minimum Gasteiger partial charge on any atom is -0.306 e. The molecule has 13 aromatic rings. The number of hydrogen-bond acceptors (Lipinski definition) is 10. The fourth-order valence-electron chi connectivity index (χ4n) is 12.4. The Morgan fingerprint density at radius 1 is 0.253 bits per heavy atom. The van der Waals surface area contributed by atoms with Gasteiger partial charge in [-0.25, -0.2) is 9.97 Å². The Kier molecular flexibility index (Phi) is 11.0. The van der Waals surface area contributed by atoms with Gasteiger partial charge in [0.1, 0.15) is 0 Å². The third-order valence-corrected chi connectivity index (χ3v) is 16.4. The van der Waals surface area contributed by atoms with Crippen molar-refractivity contribution in [2.75, 3.05) is 19.6 Å². The molecular formula is C73H50N10. The van der Waals surface area contributed by atoms with E-state index in [0.717, 1.165) is 89.9 Å². The van der Waals surface area contributed by atoms with Crippen LogP contribution >= 0.6 is 0 Å². The summed E-state index contributed by atoms with van der Waals surface area (Å²) in [7, 11) is 0. The zero-order valence-electron chi connectivity index (χ0n) is 45.4. The molecule has 2 aromatic heterocycles. The number of aromatic nitrogens is 6. The van der Waals surface area contributed by atoms with Gasteiger partial charge in [-0.3, -0.25) is 9.80 Å². The maximum absolute atomic E-state index is 5.35. The van der Waals surface area contributed by atoms with Crippen molar-refractivity contribution in [3.8, 4) is 56.7 Å². The highest BCUT2D eigenvalue weighted by molar-refractivity contribution is 6.06. The first kappa shape index (κ1) is 47.9. The van der Waals surface area contributed by atoms with E-state index in [2.05, 4.69) is 203 Å². The smallest absolute Gasteiger partial charge is 0.238 e. The summed E-state index contributed by atoms with van der Waals surface area (Å²) in [5.41, 5.74) is 18.3. The van der Waals surface area contributed by atoms with E-state index in [1.807, 2.05) is 97.1 Å². The van der Waals surface area contributed by atoms with Crippen LogP contribution in [0.4, 0.5) is 68.8 Å². The number of benzene rings is 11. The number of rotatable bonds is 8. The molecule has 0 saturated heterocycles. The summed E-state index contributed by atoms with van der Waals surface area (Å²) >= 11 is 0. The molecule has 4 heterocycles. The number of para-hydroxylation sites is 6. The van der Waals surface area contributed by atoms with Gasteiger partial charge in [0, 0.05) is 39.0 Å². The fraction of sp³-hybridized carbons (Fsp3) is 0.0411. The van der Waals surface area contributed by atoms with Gasteiger partial charge in [-0.1, -0.05) is 208 Å². The number of anilines is 12. The molecule has 3 aliphatic rings. The summed E-state index contributed by atoms with van der Waals surface area (Å²) in [6.07, 6.45) is 0. The van der Waals surface area contributed by atoms with E-state index >= 15 is 0 Å². The van der Waals surface area contributed by atoms with E-state index in [4.69, 9.17) is 29.9 Å². The number of fused-ring (bicyclic) bond motifs is 8. The molecule has 10 heteroatoms. The highest BCUT2D eigenvalue weighted by atomic mass is 15.4. The van der Waals surface area contributed by atoms with Crippen molar-refractivity contribution in [3.05, 3.63) is 278 Å². The van der Waals surface area contributed by atoms with Gasteiger partial charge in [-0.05, 0) is 106 Å². The Bertz CT molecular complexity index is 4520. The Balaban J connectivity index is 0.833. The van der Waals surface area contributed by atoms with E-state index in [1.54, 1.807) is 0 Å². The zero-order valence-corrected chi connectivity index (χ0v) is 45.4. The highest BCUT2D eigenvalue weighted by Gasteiger charge is 2.41. The monoisotopic (exact) mass is 1070 g/mol. The van der Waals surface area contributed by atoms with E-state index in [0.29, 0.717) is 35.2 Å². The van der Waals surface area contributed by atoms with Gasteiger partial charge in [-0.2, -0.15) is 19.9 Å². The molecule has 0 radical (unpaired) electrons. The first-order valence-corrected chi connectivity index (χ1v) is 27.9. The first-order valence-electron chi connectivity index (χ1n) is 27.9. The Morgan fingerprint density at radius 2 is 0.578 bits per heavy atom. The lowest BCUT2D eigenvalue weighted by Gasteiger charge is -2.40. The molecule has 11 aromatic carbocycles. The number of hydrogen-bond donors (Lipinski definition) is 0. The van der Waals surface area contributed by atoms with Crippen LogP contribution in [-0.2, 0) is 5.41 Å². The first-order chi connectivity index (χ1) is 40.9. The second kappa shape index (κ2) is 19.0. The average molecular weight is 1070 g/mol. The van der Waals surface area contributed by atoms with Gasteiger partial charge in [0.15, 0.2) is 23.3 Å². The van der Waals surface area contributed by atoms with Crippen molar-refractivity contribution >= 4 is 79.5 Å². The fourth-order valence-corrected chi connectivity index (χ4v) is 12.4. The minimum absolute atomic E-state index is 0.257. The lowest BCUT2D eigenvalue weighted by atomic mass is 9.82. The van der Waals surface area contributed by atoms with E-state index in [-0.39, 0.29) is 5.41 Å². The van der Waals surface area contributed by atoms with Crippen LogP contribution in [0.25, 0.3) is 67.5 Å². The second-order valence-corrected chi connectivity index (χ2v) is 21.6. The molecule has 83 heavy (non-hydrogen) atoms. The van der Waals surface area contributed by atoms with Gasteiger partial charge in [-0.15, -0.1) is 0 Å². The lowest BCUT2D eigenvalue weighted by molar-refractivity contribution is 0.660. The summed E-state index contributed by atoms with van der Waals surface area (Å²) < 4.78 is 0. The molecule has 2 aliphatic heterocycles. The van der Waals surface area contributed by atoms with E-state index in [1.165, 1.54) is 22.3 Å². The Morgan fingerprint density at radius 3 is 0.988 bits per heavy atom. The summed E-state index contributed by atoms with van der Waals surface area (Å²) in [6.45, 7) is 4.68. The standard InChI is InChI=1S/C73H50N10/c1-73(2)57-32-16-15-31-55(57)56-45-65-66(46-58(56)73)81(61-35-19-22-38-64(61)83(65)72-78-69(49-27-11-5-12-28-49)75-70(79-72)50-29-13-6-14-30-50)54-42-40-51-43-53(41-39-52(51)44-54)80-59-33-17-20-36-62(59)82(63-37-21-18-34-60(63)80)71-76-67(47-23-7-3-8-24-47)74-68(77-71)48-25-9-4-10-26-48/h3-46H,1-2H3. The molecule has 392 valence electrons. The average Bonchev–Trinajstić information content (AvgIpc) is 2.30. The van der Waals surface area contributed by atoms with Crippen LogP contribution in [0.3, 0.4) is 0 Å². The predicted molar refractivity (Wildman–Crippen MR) is 336 cm³/mol.